The van der Waals surface area contributed by atoms with E-state index in [4.69, 9.17) is 9.47 Å². The van der Waals surface area contributed by atoms with Gasteiger partial charge in [-0.2, -0.15) is 0 Å². The number of hydrogen-bond acceptors (Lipinski definition) is 3. The average molecular weight is 250 g/mol. The third-order valence-corrected chi connectivity index (χ3v) is 4.78. The van der Waals surface area contributed by atoms with E-state index in [-0.39, 0.29) is 17.7 Å². The van der Waals surface area contributed by atoms with E-state index in [2.05, 4.69) is 6.58 Å². The minimum Gasteiger partial charge on any atom is -0.456 e. The summed E-state index contributed by atoms with van der Waals surface area (Å²) in [4.78, 5) is 11.9. The number of rotatable bonds is 4. The summed E-state index contributed by atoms with van der Waals surface area (Å²) in [6.45, 7) is 5.40. The Morgan fingerprint density at radius 1 is 1.33 bits per heavy atom. The molecule has 1 saturated heterocycles. The van der Waals surface area contributed by atoms with Crippen molar-refractivity contribution in [3.63, 3.8) is 0 Å². The highest BCUT2D eigenvalue weighted by atomic mass is 16.6. The maximum Gasteiger partial charge on any atom is 0.333 e. The van der Waals surface area contributed by atoms with Crippen LogP contribution in [0.5, 0.6) is 0 Å². The normalized spacial score (nSPS) is 36.2. The monoisotopic (exact) mass is 250 g/mol. The molecule has 3 aliphatic rings. The summed E-state index contributed by atoms with van der Waals surface area (Å²) in [5.74, 6) is 0.249. The molecule has 0 spiro atoms. The van der Waals surface area contributed by atoms with E-state index in [9.17, 15) is 4.79 Å². The fraction of sp³-hybridized carbons (Fsp3) is 0.800. The lowest BCUT2D eigenvalue weighted by Gasteiger charge is -2.28. The summed E-state index contributed by atoms with van der Waals surface area (Å²) in [5, 5.41) is 0. The fourth-order valence-corrected chi connectivity index (χ4v) is 3.78. The first-order valence-electron chi connectivity index (χ1n) is 7.18. The highest BCUT2D eigenvalue weighted by molar-refractivity contribution is 5.87. The smallest absolute Gasteiger partial charge is 0.333 e. The molecule has 0 bridgehead atoms. The van der Waals surface area contributed by atoms with E-state index in [0.717, 1.165) is 12.8 Å². The van der Waals surface area contributed by atoms with Gasteiger partial charge in [-0.1, -0.05) is 19.4 Å². The molecule has 3 rings (SSSR count). The predicted molar refractivity (Wildman–Crippen MR) is 68.1 cm³/mol. The molecule has 0 aromatic heterocycles. The summed E-state index contributed by atoms with van der Waals surface area (Å²) >= 11 is 0. The summed E-state index contributed by atoms with van der Waals surface area (Å²) in [6.07, 6.45) is 8.57. The topological polar surface area (TPSA) is 38.8 Å². The highest BCUT2D eigenvalue weighted by Gasteiger charge is 2.66. The minimum atomic E-state index is -0.248. The average Bonchev–Trinajstić information content (AvgIpc) is 2.76. The van der Waals surface area contributed by atoms with Gasteiger partial charge in [0.25, 0.3) is 0 Å². The van der Waals surface area contributed by atoms with Crippen LogP contribution >= 0.6 is 0 Å². The third-order valence-electron chi connectivity index (χ3n) is 4.78. The van der Waals surface area contributed by atoms with Gasteiger partial charge in [-0.3, -0.25) is 0 Å². The zero-order valence-corrected chi connectivity index (χ0v) is 11.1. The van der Waals surface area contributed by atoms with Crippen molar-refractivity contribution in [1.82, 2.24) is 0 Å². The summed E-state index contributed by atoms with van der Waals surface area (Å²) < 4.78 is 11.6. The van der Waals surface area contributed by atoms with Crippen LogP contribution in [0.3, 0.4) is 0 Å². The molecule has 0 aromatic carbocycles. The van der Waals surface area contributed by atoms with Gasteiger partial charge in [0.05, 0.1) is 6.10 Å². The van der Waals surface area contributed by atoms with Gasteiger partial charge >= 0.3 is 5.97 Å². The summed E-state index contributed by atoms with van der Waals surface area (Å²) in [5.41, 5.74) is 0.365. The molecule has 0 radical (unpaired) electrons. The van der Waals surface area contributed by atoms with Gasteiger partial charge in [-0.15, -0.1) is 0 Å². The number of hydrogen-bond donors (Lipinski definition) is 0. The Labute approximate surface area is 109 Å². The van der Waals surface area contributed by atoms with Crippen LogP contribution in [-0.4, -0.2) is 23.8 Å². The van der Waals surface area contributed by atoms with Crippen LogP contribution in [-0.2, 0) is 14.3 Å². The van der Waals surface area contributed by atoms with E-state index in [1.165, 1.54) is 32.1 Å². The zero-order valence-electron chi connectivity index (χ0n) is 11.1. The van der Waals surface area contributed by atoms with Crippen molar-refractivity contribution in [2.75, 3.05) is 0 Å². The molecule has 0 amide bonds. The lowest BCUT2D eigenvalue weighted by atomic mass is 9.87. The highest BCUT2D eigenvalue weighted by Crippen LogP contribution is 2.56. The molecule has 3 nitrogen and oxygen atoms in total. The molecule has 2 aliphatic carbocycles. The predicted octanol–water partition coefficient (Wildman–Crippen LogP) is 2.99. The molecular formula is C15H22O3. The Hall–Kier alpha value is -0.830. The Balaban J connectivity index is 1.76. The zero-order chi connectivity index (χ0) is 12.8. The number of carbonyl (C=O) groups excluding carboxylic acids is 1. The number of ether oxygens (including phenoxy) is 2. The van der Waals surface area contributed by atoms with Crippen LogP contribution in [0.4, 0.5) is 0 Å². The Morgan fingerprint density at radius 2 is 2.06 bits per heavy atom. The quantitative estimate of drug-likeness (QED) is 0.437. The number of epoxide rings is 1. The Kier molecular flexibility index (Phi) is 2.97. The van der Waals surface area contributed by atoms with Gasteiger partial charge in [0.15, 0.2) is 0 Å². The van der Waals surface area contributed by atoms with Crippen LogP contribution < -0.4 is 0 Å². The SMILES string of the molecule is C=C(C)C(=O)OC(C1CCCC1)C12CCCC1O2. The second-order valence-electron chi connectivity index (χ2n) is 6.10. The molecule has 3 fully saturated rings. The summed E-state index contributed by atoms with van der Waals surface area (Å²) in [6, 6.07) is 0. The van der Waals surface area contributed by atoms with Crippen molar-refractivity contribution in [2.24, 2.45) is 5.92 Å². The van der Waals surface area contributed by atoms with Gasteiger partial charge < -0.3 is 9.47 Å². The van der Waals surface area contributed by atoms with E-state index >= 15 is 0 Å². The van der Waals surface area contributed by atoms with E-state index < -0.39 is 0 Å². The van der Waals surface area contributed by atoms with Gasteiger partial charge in [-0.25, -0.2) is 4.79 Å². The lowest BCUT2D eigenvalue weighted by Crippen LogP contribution is -2.40. The van der Waals surface area contributed by atoms with Crippen LogP contribution in [0.1, 0.15) is 51.9 Å². The first-order chi connectivity index (χ1) is 8.63. The largest absolute Gasteiger partial charge is 0.456 e. The minimum absolute atomic E-state index is 0.0308. The number of carbonyl (C=O) groups is 1. The number of esters is 1. The van der Waals surface area contributed by atoms with Crippen LogP contribution in [0, 0.1) is 5.92 Å². The molecule has 18 heavy (non-hydrogen) atoms. The fourth-order valence-electron chi connectivity index (χ4n) is 3.78. The van der Waals surface area contributed by atoms with Gasteiger partial charge in [0.2, 0.25) is 0 Å². The molecule has 1 aliphatic heterocycles. The Bertz CT molecular complexity index is 370. The van der Waals surface area contributed by atoms with Gasteiger partial charge in [-0.05, 0) is 44.9 Å². The van der Waals surface area contributed by atoms with Crippen molar-refractivity contribution in [3.8, 4) is 0 Å². The maximum atomic E-state index is 11.9. The first kappa shape index (κ1) is 12.2. The van der Waals surface area contributed by atoms with Crippen molar-refractivity contribution >= 4 is 5.97 Å². The molecule has 3 atom stereocenters. The maximum absolute atomic E-state index is 11.9. The first-order valence-corrected chi connectivity index (χ1v) is 7.18. The second-order valence-corrected chi connectivity index (χ2v) is 6.10. The van der Waals surface area contributed by atoms with Gasteiger partial charge in [0.1, 0.15) is 11.7 Å². The van der Waals surface area contributed by atoms with Crippen molar-refractivity contribution in [1.29, 1.82) is 0 Å². The van der Waals surface area contributed by atoms with Crippen LogP contribution in [0.25, 0.3) is 0 Å². The standard InChI is InChI=1S/C15H22O3/c1-10(2)14(16)17-13(11-6-3-4-7-11)15-9-5-8-12(15)18-15/h11-13H,1,3-9H2,2H3. The van der Waals surface area contributed by atoms with Crippen molar-refractivity contribution in [3.05, 3.63) is 12.2 Å². The molecule has 0 aromatic rings. The van der Waals surface area contributed by atoms with E-state index in [1.54, 1.807) is 6.92 Å². The Morgan fingerprint density at radius 3 is 2.56 bits per heavy atom. The van der Waals surface area contributed by atoms with Crippen LogP contribution in [0.2, 0.25) is 0 Å². The van der Waals surface area contributed by atoms with Crippen molar-refractivity contribution < 1.29 is 14.3 Å². The molecule has 0 N–H and O–H groups in total. The lowest BCUT2D eigenvalue weighted by molar-refractivity contribution is -0.151. The van der Waals surface area contributed by atoms with Crippen molar-refractivity contribution in [2.45, 2.75) is 69.7 Å². The summed E-state index contributed by atoms with van der Waals surface area (Å²) in [7, 11) is 0. The molecule has 3 unspecified atom stereocenters. The number of fused-ring (bicyclic) bond motifs is 1. The van der Waals surface area contributed by atoms with Gasteiger partial charge in [0, 0.05) is 5.57 Å². The second kappa shape index (κ2) is 4.37. The van der Waals surface area contributed by atoms with E-state index in [0.29, 0.717) is 17.6 Å². The molecule has 3 heteroatoms. The van der Waals surface area contributed by atoms with E-state index in [1.807, 2.05) is 0 Å². The molecular weight excluding hydrogens is 228 g/mol. The molecule has 100 valence electrons. The molecule has 2 saturated carbocycles. The molecule has 1 heterocycles. The third kappa shape index (κ3) is 1.89. The van der Waals surface area contributed by atoms with Crippen LogP contribution in [0.15, 0.2) is 12.2 Å².